The van der Waals surface area contributed by atoms with E-state index in [0.717, 1.165) is 18.4 Å². The van der Waals surface area contributed by atoms with Gasteiger partial charge in [-0.05, 0) is 6.08 Å². The number of rotatable bonds is 1. The van der Waals surface area contributed by atoms with Crippen molar-refractivity contribution in [1.82, 2.24) is 4.90 Å². The maximum Gasteiger partial charge on any atom is 0.150 e. The summed E-state index contributed by atoms with van der Waals surface area (Å²) in [6.07, 6.45) is 6.03. The number of hydrogen-bond donors (Lipinski definition) is 0. The fourth-order valence-corrected chi connectivity index (χ4v) is 0.826. The first-order chi connectivity index (χ1) is 4.83. The number of nitrogens with zero attached hydrogens (tertiary/aromatic N) is 1. The van der Waals surface area contributed by atoms with Crippen LogP contribution < -0.4 is 0 Å². The monoisotopic (exact) mass is 135 g/mol. The highest BCUT2D eigenvalue weighted by atomic mass is 16.1. The molecule has 0 amide bonds. The molecule has 0 fully saturated rings. The van der Waals surface area contributed by atoms with E-state index < -0.39 is 0 Å². The van der Waals surface area contributed by atoms with Gasteiger partial charge in [-0.3, -0.25) is 4.79 Å². The smallest absolute Gasteiger partial charge is 0.150 e. The first-order valence-corrected chi connectivity index (χ1v) is 3.10. The number of carbonyl (C=O) groups is 1. The van der Waals surface area contributed by atoms with Gasteiger partial charge in [0.15, 0.2) is 6.29 Å². The summed E-state index contributed by atoms with van der Waals surface area (Å²) in [6.45, 7) is 0.852. The molecule has 0 aromatic carbocycles. The van der Waals surface area contributed by atoms with Crippen LogP contribution >= 0.6 is 0 Å². The lowest BCUT2D eigenvalue weighted by atomic mass is 10.3. The third-order valence-corrected chi connectivity index (χ3v) is 1.29. The van der Waals surface area contributed by atoms with Crippen molar-refractivity contribution < 1.29 is 4.79 Å². The quantitative estimate of drug-likeness (QED) is 0.300. The van der Waals surface area contributed by atoms with E-state index in [1.807, 2.05) is 24.2 Å². The highest BCUT2D eigenvalue weighted by Crippen LogP contribution is 2.06. The topological polar surface area (TPSA) is 20.3 Å². The molecule has 0 saturated heterocycles. The Morgan fingerprint density at radius 2 is 2.60 bits per heavy atom. The fourth-order valence-electron chi connectivity index (χ4n) is 0.826. The van der Waals surface area contributed by atoms with E-state index in [1.54, 1.807) is 0 Å². The first kappa shape index (κ1) is 6.84. The fraction of sp³-hybridized carbons (Fsp3) is 0.250. The maximum absolute atomic E-state index is 9.87. The summed E-state index contributed by atoms with van der Waals surface area (Å²) >= 11 is 0. The van der Waals surface area contributed by atoms with Gasteiger partial charge in [0.05, 0.1) is 0 Å². The van der Waals surface area contributed by atoms with Gasteiger partial charge in [-0.25, -0.2) is 0 Å². The van der Waals surface area contributed by atoms with Gasteiger partial charge >= 0.3 is 0 Å². The Labute approximate surface area is 60.1 Å². The highest BCUT2D eigenvalue weighted by Gasteiger charge is 2.01. The molecule has 2 heteroatoms. The number of carbonyl (C=O) groups excluding carboxylic acids is 1. The second-order valence-electron chi connectivity index (χ2n) is 2.20. The third-order valence-electron chi connectivity index (χ3n) is 1.29. The van der Waals surface area contributed by atoms with Crippen LogP contribution in [0.3, 0.4) is 0 Å². The van der Waals surface area contributed by atoms with Crippen LogP contribution in [0.25, 0.3) is 0 Å². The van der Waals surface area contributed by atoms with Crippen molar-refractivity contribution in [3.8, 4) is 0 Å². The Bertz CT molecular complexity index is 221. The lowest BCUT2D eigenvalue weighted by Crippen LogP contribution is -2.06. The van der Waals surface area contributed by atoms with Gasteiger partial charge in [0.25, 0.3) is 0 Å². The molecule has 0 unspecified atom stereocenters. The molecule has 0 atom stereocenters. The van der Waals surface area contributed by atoms with Crippen LogP contribution in [0.5, 0.6) is 0 Å². The Morgan fingerprint density at radius 1 is 1.80 bits per heavy atom. The molecule has 0 aromatic rings. The minimum Gasteiger partial charge on any atom is -0.375 e. The van der Waals surface area contributed by atoms with E-state index >= 15 is 0 Å². The van der Waals surface area contributed by atoms with E-state index in [0.29, 0.717) is 0 Å². The second kappa shape index (κ2) is 3.04. The van der Waals surface area contributed by atoms with E-state index in [4.69, 9.17) is 0 Å². The molecular formula is C8H9NO. The Kier molecular flexibility index (Phi) is 2.08. The van der Waals surface area contributed by atoms with Gasteiger partial charge < -0.3 is 4.90 Å². The average Bonchev–Trinajstić information content (AvgIpc) is 2.31. The summed E-state index contributed by atoms with van der Waals surface area (Å²) in [5, 5.41) is 0. The van der Waals surface area contributed by atoms with Crippen molar-refractivity contribution in [3.05, 3.63) is 29.7 Å². The Morgan fingerprint density at radius 3 is 3.10 bits per heavy atom. The minimum absolute atomic E-state index is 0.735. The first-order valence-electron chi connectivity index (χ1n) is 3.10. The van der Waals surface area contributed by atoms with Crippen LogP contribution in [0.2, 0.25) is 0 Å². The van der Waals surface area contributed by atoms with Crippen LogP contribution in [-0.2, 0) is 4.79 Å². The summed E-state index contributed by atoms with van der Waals surface area (Å²) < 4.78 is 0. The van der Waals surface area contributed by atoms with Crippen molar-refractivity contribution in [2.75, 3.05) is 13.6 Å². The zero-order chi connectivity index (χ0) is 7.40. The lowest BCUT2D eigenvalue weighted by Gasteiger charge is -2.03. The van der Waals surface area contributed by atoms with Crippen molar-refractivity contribution in [1.29, 1.82) is 0 Å². The molecule has 0 bridgehead atoms. The number of likely N-dealkylation sites (N-methyl/N-ethyl adjacent to an activating group) is 1. The highest BCUT2D eigenvalue weighted by molar-refractivity contribution is 5.64. The van der Waals surface area contributed by atoms with Gasteiger partial charge in [0, 0.05) is 31.4 Å². The van der Waals surface area contributed by atoms with Gasteiger partial charge in [-0.15, -0.1) is 5.73 Å². The summed E-state index contributed by atoms with van der Waals surface area (Å²) in [5.74, 6) is 0. The van der Waals surface area contributed by atoms with E-state index in [-0.39, 0.29) is 0 Å². The lowest BCUT2D eigenvalue weighted by molar-refractivity contribution is -0.104. The molecule has 0 radical (unpaired) electrons. The Hall–Kier alpha value is -1.27. The van der Waals surface area contributed by atoms with E-state index in [9.17, 15) is 4.79 Å². The average molecular weight is 135 g/mol. The predicted molar refractivity (Wildman–Crippen MR) is 39.4 cm³/mol. The van der Waals surface area contributed by atoms with E-state index in [2.05, 4.69) is 5.73 Å². The summed E-state index contributed by atoms with van der Waals surface area (Å²) in [4.78, 5) is 11.9. The van der Waals surface area contributed by atoms with Crippen LogP contribution in [0, 0.1) is 0 Å². The molecule has 2 nitrogen and oxygen atoms in total. The summed E-state index contributed by atoms with van der Waals surface area (Å²) in [7, 11) is 1.98. The Balaban J connectivity index is 2.70. The molecule has 0 aromatic heterocycles. The SMILES string of the molecule is CN1C=CC(=C=CC=O)C1. The number of aldehydes is 1. The molecule has 0 aliphatic carbocycles. The second-order valence-corrected chi connectivity index (χ2v) is 2.20. The molecule has 10 heavy (non-hydrogen) atoms. The van der Waals surface area contributed by atoms with Crippen molar-refractivity contribution in [2.45, 2.75) is 0 Å². The van der Waals surface area contributed by atoms with Crippen LogP contribution in [0.4, 0.5) is 0 Å². The zero-order valence-corrected chi connectivity index (χ0v) is 5.87. The molecule has 1 heterocycles. The van der Waals surface area contributed by atoms with Crippen LogP contribution in [-0.4, -0.2) is 24.8 Å². The van der Waals surface area contributed by atoms with Gasteiger partial charge in [0.1, 0.15) is 0 Å². The van der Waals surface area contributed by atoms with Crippen molar-refractivity contribution in [3.63, 3.8) is 0 Å². The standard InChI is InChI=1S/C8H9NO/c1-9-5-4-8(7-9)3-2-6-10/h2,4-6H,7H2,1H3. The maximum atomic E-state index is 9.87. The van der Waals surface area contributed by atoms with Crippen LogP contribution in [0.1, 0.15) is 0 Å². The van der Waals surface area contributed by atoms with Crippen molar-refractivity contribution >= 4 is 6.29 Å². The van der Waals surface area contributed by atoms with Crippen LogP contribution in [0.15, 0.2) is 29.7 Å². The normalized spacial score (nSPS) is 15.3. The molecule has 0 saturated carbocycles. The van der Waals surface area contributed by atoms with Gasteiger partial charge in [-0.2, -0.15) is 0 Å². The molecule has 1 aliphatic rings. The van der Waals surface area contributed by atoms with Crippen molar-refractivity contribution in [2.24, 2.45) is 0 Å². The number of hydrogen-bond acceptors (Lipinski definition) is 2. The molecule has 0 N–H and O–H groups in total. The zero-order valence-electron chi connectivity index (χ0n) is 5.87. The summed E-state index contributed by atoms with van der Waals surface area (Å²) in [5.41, 5.74) is 3.91. The predicted octanol–water partition coefficient (Wildman–Crippen LogP) is 0.726. The largest absolute Gasteiger partial charge is 0.375 e. The molecule has 0 spiro atoms. The summed E-state index contributed by atoms with van der Waals surface area (Å²) in [6, 6.07) is 0. The third kappa shape index (κ3) is 1.61. The molecular weight excluding hydrogens is 126 g/mol. The van der Waals surface area contributed by atoms with E-state index in [1.165, 1.54) is 6.08 Å². The molecule has 1 rings (SSSR count). The minimum atomic E-state index is 0.735. The molecule has 1 aliphatic heterocycles. The van der Waals surface area contributed by atoms with Gasteiger partial charge in [-0.1, -0.05) is 0 Å². The van der Waals surface area contributed by atoms with Gasteiger partial charge in [0.2, 0.25) is 0 Å². The molecule has 52 valence electrons.